The normalized spacial score (nSPS) is 12.3. The summed E-state index contributed by atoms with van der Waals surface area (Å²) in [6.45, 7) is 11.1. The van der Waals surface area contributed by atoms with Gasteiger partial charge in [0.15, 0.2) is 0 Å². The summed E-state index contributed by atoms with van der Waals surface area (Å²) in [6, 6.07) is 7.17. The summed E-state index contributed by atoms with van der Waals surface area (Å²) in [5.41, 5.74) is 0.733. The molecule has 3 nitrogen and oxygen atoms in total. The first kappa shape index (κ1) is 14.8. The highest BCUT2D eigenvalue weighted by atomic mass is 28.3. The molecule has 0 aliphatic carbocycles. The molecule has 0 saturated heterocycles. The first-order valence-electron chi connectivity index (χ1n) is 6.21. The molecule has 0 atom stereocenters. The highest BCUT2D eigenvalue weighted by Crippen LogP contribution is 2.38. The van der Waals surface area contributed by atoms with Gasteiger partial charge in [-0.3, -0.25) is 4.79 Å². The van der Waals surface area contributed by atoms with Crippen LogP contribution >= 0.6 is 0 Å². The van der Waals surface area contributed by atoms with E-state index in [-0.39, 0.29) is 16.7 Å². The molecule has 0 bridgehead atoms. The van der Waals surface area contributed by atoms with E-state index in [0.29, 0.717) is 6.04 Å². The summed E-state index contributed by atoms with van der Waals surface area (Å²) in [6.07, 6.45) is 0. The SMILES string of the molecule is CC(C)(C)[Si](C)(C)CC(=O)Nc1ccc(O)cc1. The molecule has 0 radical (unpaired) electrons. The van der Waals surface area contributed by atoms with Gasteiger partial charge in [0.2, 0.25) is 5.91 Å². The van der Waals surface area contributed by atoms with Crippen molar-refractivity contribution in [3.05, 3.63) is 24.3 Å². The first-order valence-corrected chi connectivity index (χ1v) is 9.41. The third-order valence-corrected chi connectivity index (χ3v) is 9.05. The number of aromatic hydroxyl groups is 1. The van der Waals surface area contributed by atoms with Crippen LogP contribution < -0.4 is 5.32 Å². The molecule has 0 aromatic heterocycles. The summed E-state index contributed by atoms with van der Waals surface area (Å²) in [7, 11) is -1.59. The van der Waals surface area contributed by atoms with Crippen molar-refractivity contribution >= 4 is 19.7 Å². The molecule has 100 valence electrons. The van der Waals surface area contributed by atoms with Crippen LogP contribution in [0.4, 0.5) is 5.69 Å². The standard InChI is InChI=1S/C14H23NO2Si/c1-14(2,3)18(4,5)10-13(17)15-11-6-8-12(16)9-7-11/h6-9,16H,10H2,1-5H3,(H,15,17). The van der Waals surface area contributed by atoms with Crippen LogP contribution in [0.15, 0.2) is 24.3 Å². The molecule has 0 aliphatic heterocycles. The second-order valence-electron chi connectivity index (χ2n) is 6.41. The Morgan fingerprint density at radius 3 is 2.17 bits per heavy atom. The maximum Gasteiger partial charge on any atom is 0.221 e. The molecule has 0 aliphatic rings. The maximum atomic E-state index is 12.0. The average molecular weight is 265 g/mol. The molecule has 1 aromatic carbocycles. The number of hydrogen-bond acceptors (Lipinski definition) is 2. The minimum absolute atomic E-state index is 0.0623. The number of rotatable bonds is 3. The number of anilines is 1. The highest BCUT2D eigenvalue weighted by molar-refractivity contribution is 6.82. The Bertz CT molecular complexity index is 418. The van der Waals surface area contributed by atoms with Gasteiger partial charge in [0.25, 0.3) is 0 Å². The Hall–Kier alpha value is -1.29. The van der Waals surface area contributed by atoms with Gasteiger partial charge in [-0.2, -0.15) is 0 Å². The zero-order valence-corrected chi connectivity index (χ0v) is 12.9. The number of carbonyl (C=O) groups excluding carboxylic acids is 1. The number of amides is 1. The fourth-order valence-electron chi connectivity index (χ4n) is 1.42. The molecule has 1 aromatic rings. The summed E-state index contributed by atoms with van der Waals surface area (Å²) < 4.78 is 0. The van der Waals surface area contributed by atoms with Gasteiger partial charge in [-0.25, -0.2) is 0 Å². The zero-order valence-electron chi connectivity index (χ0n) is 11.9. The predicted molar refractivity (Wildman–Crippen MR) is 78.7 cm³/mol. The zero-order chi connectivity index (χ0) is 14.0. The van der Waals surface area contributed by atoms with Crippen molar-refractivity contribution in [2.75, 3.05) is 5.32 Å². The molecule has 2 N–H and O–H groups in total. The van der Waals surface area contributed by atoms with Crippen molar-refractivity contribution in [2.45, 2.75) is 44.9 Å². The fourth-order valence-corrected chi connectivity index (χ4v) is 2.84. The topological polar surface area (TPSA) is 49.3 Å². The van der Waals surface area contributed by atoms with E-state index in [9.17, 15) is 9.90 Å². The van der Waals surface area contributed by atoms with Crippen molar-refractivity contribution in [1.82, 2.24) is 0 Å². The minimum atomic E-state index is -1.59. The lowest BCUT2D eigenvalue weighted by Crippen LogP contribution is -2.40. The van der Waals surface area contributed by atoms with Gasteiger partial charge in [0, 0.05) is 11.7 Å². The third-order valence-electron chi connectivity index (χ3n) is 3.78. The van der Waals surface area contributed by atoms with Crippen LogP contribution in [-0.2, 0) is 4.79 Å². The van der Waals surface area contributed by atoms with Crippen molar-refractivity contribution in [3.63, 3.8) is 0 Å². The van der Waals surface area contributed by atoms with Crippen LogP contribution in [0, 0.1) is 0 Å². The Balaban J connectivity index is 2.65. The third kappa shape index (κ3) is 3.87. The Morgan fingerprint density at radius 2 is 1.72 bits per heavy atom. The molecule has 1 rings (SSSR count). The quantitative estimate of drug-likeness (QED) is 0.644. The molecule has 18 heavy (non-hydrogen) atoms. The van der Waals surface area contributed by atoms with E-state index in [0.717, 1.165) is 5.69 Å². The molecule has 0 saturated carbocycles. The number of benzene rings is 1. The minimum Gasteiger partial charge on any atom is -0.508 e. The molecule has 0 heterocycles. The van der Waals surface area contributed by atoms with E-state index in [1.807, 2.05) is 0 Å². The van der Waals surface area contributed by atoms with Crippen LogP contribution in [0.2, 0.25) is 24.2 Å². The van der Waals surface area contributed by atoms with Crippen LogP contribution in [-0.4, -0.2) is 19.1 Å². The summed E-state index contributed by atoms with van der Waals surface area (Å²) >= 11 is 0. The fraction of sp³-hybridized carbons (Fsp3) is 0.500. The van der Waals surface area contributed by atoms with Crippen molar-refractivity contribution in [1.29, 1.82) is 0 Å². The highest BCUT2D eigenvalue weighted by Gasteiger charge is 2.36. The second-order valence-corrected chi connectivity index (χ2v) is 12.0. The van der Waals surface area contributed by atoms with Crippen LogP contribution in [0.3, 0.4) is 0 Å². The maximum absolute atomic E-state index is 12.0. The Kier molecular flexibility index (Phi) is 4.22. The van der Waals surface area contributed by atoms with Gasteiger partial charge in [0.05, 0.1) is 8.07 Å². The molecular weight excluding hydrogens is 242 g/mol. The number of phenols is 1. The van der Waals surface area contributed by atoms with Gasteiger partial charge in [0.1, 0.15) is 5.75 Å². The molecule has 0 fully saturated rings. The lowest BCUT2D eigenvalue weighted by atomic mass is 10.2. The largest absolute Gasteiger partial charge is 0.508 e. The first-order chi connectivity index (χ1) is 8.12. The lowest BCUT2D eigenvalue weighted by Gasteiger charge is -2.36. The Labute approximate surface area is 110 Å². The molecule has 0 spiro atoms. The van der Waals surface area contributed by atoms with Gasteiger partial charge >= 0.3 is 0 Å². The summed E-state index contributed by atoms with van der Waals surface area (Å²) in [4.78, 5) is 12.0. The van der Waals surface area contributed by atoms with E-state index in [4.69, 9.17) is 0 Å². The number of hydrogen-bond donors (Lipinski definition) is 2. The molecule has 0 unspecified atom stereocenters. The average Bonchev–Trinajstić information content (AvgIpc) is 2.19. The Morgan fingerprint density at radius 1 is 1.22 bits per heavy atom. The van der Waals surface area contributed by atoms with Gasteiger partial charge in [-0.1, -0.05) is 33.9 Å². The van der Waals surface area contributed by atoms with E-state index >= 15 is 0 Å². The van der Waals surface area contributed by atoms with E-state index in [1.54, 1.807) is 24.3 Å². The van der Waals surface area contributed by atoms with Crippen LogP contribution in [0.5, 0.6) is 5.75 Å². The number of phenolic OH excluding ortho intramolecular Hbond substituents is 1. The summed E-state index contributed by atoms with van der Waals surface area (Å²) in [5.74, 6) is 0.268. The van der Waals surface area contributed by atoms with Crippen LogP contribution in [0.25, 0.3) is 0 Å². The van der Waals surface area contributed by atoms with Crippen molar-refractivity contribution in [2.24, 2.45) is 0 Å². The van der Waals surface area contributed by atoms with Gasteiger partial charge < -0.3 is 10.4 Å². The van der Waals surface area contributed by atoms with E-state index in [1.165, 1.54) is 0 Å². The molecular formula is C14H23NO2Si. The van der Waals surface area contributed by atoms with Crippen LogP contribution in [0.1, 0.15) is 20.8 Å². The van der Waals surface area contributed by atoms with E-state index < -0.39 is 8.07 Å². The lowest BCUT2D eigenvalue weighted by molar-refractivity contribution is -0.114. The second kappa shape index (κ2) is 5.14. The van der Waals surface area contributed by atoms with Gasteiger partial charge in [-0.05, 0) is 29.3 Å². The molecule has 4 heteroatoms. The monoisotopic (exact) mass is 265 g/mol. The number of nitrogens with one attached hydrogen (secondary N) is 1. The van der Waals surface area contributed by atoms with Gasteiger partial charge in [-0.15, -0.1) is 0 Å². The van der Waals surface area contributed by atoms with E-state index in [2.05, 4.69) is 39.2 Å². The summed E-state index contributed by atoms with van der Waals surface area (Å²) in [5, 5.41) is 12.3. The molecule has 1 amide bonds. The predicted octanol–water partition coefficient (Wildman–Crippen LogP) is 3.84. The van der Waals surface area contributed by atoms with Crippen molar-refractivity contribution < 1.29 is 9.90 Å². The van der Waals surface area contributed by atoms with Crippen molar-refractivity contribution in [3.8, 4) is 5.75 Å². The number of carbonyl (C=O) groups is 1. The smallest absolute Gasteiger partial charge is 0.221 e.